The Morgan fingerprint density at radius 3 is 2.61 bits per heavy atom. The first-order valence-corrected chi connectivity index (χ1v) is 7.26. The number of benzene rings is 1. The maximum Gasteiger partial charge on any atom is 0.135 e. The average molecular weight is 273 g/mol. The van der Waals surface area contributed by atoms with E-state index in [0.717, 1.165) is 26.7 Å². The van der Waals surface area contributed by atoms with Crippen LogP contribution < -0.4 is 5.73 Å². The van der Waals surface area contributed by atoms with E-state index in [4.69, 9.17) is 5.73 Å². The van der Waals surface area contributed by atoms with Gasteiger partial charge in [0.05, 0.1) is 16.1 Å². The van der Waals surface area contributed by atoms with Crippen molar-refractivity contribution in [2.75, 3.05) is 0 Å². The molecule has 0 saturated heterocycles. The lowest BCUT2D eigenvalue weighted by molar-refractivity contribution is 1.07. The van der Waals surface area contributed by atoms with Crippen molar-refractivity contribution in [3.8, 4) is 21.1 Å². The molecule has 0 unspecified atom stereocenters. The number of nitrogens with zero attached hydrogens (tertiary/aromatic N) is 2. The predicted octanol–water partition coefficient (Wildman–Crippen LogP) is 3.39. The summed E-state index contributed by atoms with van der Waals surface area (Å²) in [5, 5.41) is 3.10. The van der Waals surface area contributed by atoms with Crippen molar-refractivity contribution < 1.29 is 0 Å². The van der Waals surface area contributed by atoms with E-state index in [0.29, 0.717) is 6.54 Å². The quantitative estimate of drug-likeness (QED) is 0.795. The standard InChI is InChI=1S/C13H11N3S2/c14-5-9-1-3-10(4-2-9)11-7-17-13(16-11)12-6-15-8-18-12/h1-4,6-8H,5,14H2. The maximum atomic E-state index is 5.59. The zero-order valence-electron chi connectivity index (χ0n) is 9.54. The number of thiazole rings is 2. The first-order chi connectivity index (χ1) is 8.86. The molecule has 0 amide bonds. The van der Waals surface area contributed by atoms with E-state index in [-0.39, 0.29) is 0 Å². The van der Waals surface area contributed by atoms with Crippen molar-refractivity contribution in [2.24, 2.45) is 5.73 Å². The third kappa shape index (κ3) is 2.20. The largest absolute Gasteiger partial charge is 0.326 e. The number of nitrogens with two attached hydrogens (primary N) is 1. The summed E-state index contributed by atoms with van der Waals surface area (Å²) < 4.78 is 0. The molecule has 0 atom stereocenters. The van der Waals surface area contributed by atoms with Gasteiger partial charge in [0.25, 0.3) is 0 Å². The fourth-order valence-electron chi connectivity index (χ4n) is 1.65. The lowest BCUT2D eigenvalue weighted by Gasteiger charge is -1.99. The third-order valence-corrected chi connectivity index (χ3v) is 4.42. The van der Waals surface area contributed by atoms with Crippen LogP contribution in [0.15, 0.2) is 41.4 Å². The van der Waals surface area contributed by atoms with Gasteiger partial charge in [-0.1, -0.05) is 24.3 Å². The highest BCUT2D eigenvalue weighted by Crippen LogP contribution is 2.30. The molecule has 0 bridgehead atoms. The molecule has 0 aliphatic heterocycles. The van der Waals surface area contributed by atoms with Crippen molar-refractivity contribution >= 4 is 22.7 Å². The molecule has 5 heteroatoms. The molecule has 0 saturated carbocycles. The van der Waals surface area contributed by atoms with Crippen LogP contribution in [0.5, 0.6) is 0 Å². The first kappa shape index (κ1) is 11.5. The van der Waals surface area contributed by atoms with E-state index in [1.807, 2.05) is 23.8 Å². The van der Waals surface area contributed by atoms with Crippen molar-refractivity contribution in [1.29, 1.82) is 0 Å². The summed E-state index contributed by atoms with van der Waals surface area (Å²) in [7, 11) is 0. The lowest BCUT2D eigenvalue weighted by atomic mass is 10.1. The second-order valence-electron chi connectivity index (χ2n) is 3.80. The van der Waals surface area contributed by atoms with Gasteiger partial charge in [-0.3, -0.25) is 4.98 Å². The molecule has 0 spiro atoms. The molecule has 0 fully saturated rings. The molecular weight excluding hydrogens is 262 g/mol. The predicted molar refractivity (Wildman–Crippen MR) is 76.5 cm³/mol. The Labute approximate surface area is 113 Å². The third-order valence-electron chi connectivity index (χ3n) is 2.63. The average Bonchev–Trinajstić information content (AvgIpc) is 3.09. The normalized spacial score (nSPS) is 10.7. The summed E-state index contributed by atoms with van der Waals surface area (Å²) in [6.45, 7) is 0.573. The lowest BCUT2D eigenvalue weighted by Crippen LogP contribution is -1.95. The molecule has 1 aromatic carbocycles. The van der Waals surface area contributed by atoms with E-state index in [1.165, 1.54) is 0 Å². The number of aromatic nitrogens is 2. The summed E-state index contributed by atoms with van der Waals surface area (Å²) >= 11 is 3.26. The van der Waals surface area contributed by atoms with E-state index in [1.54, 1.807) is 22.7 Å². The molecule has 0 radical (unpaired) electrons. The van der Waals surface area contributed by atoms with Gasteiger partial charge in [0.1, 0.15) is 5.01 Å². The van der Waals surface area contributed by atoms with Crippen LogP contribution in [0.2, 0.25) is 0 Å². The van der Waals surface area contributed by atoms with Crippen molar-refractivity contribution in [3.63, 3.8) is 0 Å². The molecule has 0 aliphatic carbocycles. The van der Waals surface area contributed by atoms with Crippen LogP contribution in [0.3, 0.4) is 0 Å². The number of hydrogen-bond donors (Lipinski definition) is 1. The summed E-state index contributed by atoms with van der Waals surface area (Å²) in [4.78, 5) is 9.83. The zero-order chi connectivity index (χ0) is 12.4. The van der Waals surface area contributed by atoms with Crippen LogP contribution >= 0.6 is 22.7 Å². The highest BCUT2D eigenvalue weighted by Gasteiger charge is 2.07. The van der Waals surface area contributed by atoms with Gasteiger partial charge in [-0.2, -0.15) is 0 Å². The molecule has 2 aromatic heterocycles. The molecule has 3 nitrogen and oxygen atoms in total. The molecular formula is C13H11N3S2. The van der Waals surface area contributed by atoms with E-state index >= 15 is 0 Å². The Balaban J connectivity index is 1.92. The van der Waals surface area contributed by atoms with Gasteiger partial charge < -0.3 is 5.73 Å². The van der Waals surface area contributed by atoms with E-state index < -0.39 is 0 Å². The summed E-state index contributed by atoms with van der Waals surface area (Å²) in [6.07, 6.45) is 1.85. The Kier molecular flexibility index (Phi) is 3.19. The van der Waals surface area contributed by atoms with Crippen molar-refractivity contribution in [2.45, 2.75) is 6.54 Å². The number of rotatable bonds is 3. The summed E-state index contributed by atoms with van der Waals surface area (Å²) in [5.41, 5.74) is 10.7. The zero-order valence-corrected chi connectivity index (χ0v) is 11.2. The molecule has 90 valence electrons. The van der Waals surface area contributed by atoms with Gasteiger partial charge in [-0.05, 0) is 5.56 Å². The van der Waals surface area contributed by atoms with Crippen LogP contribution in [0.1, 0.15) is 5.56 Å². The Morgan fingerprint density at radius 2 is 1.94 bits per heavy atom. The smallest absolute Gasteiger partial charge is 0.135 e. The van der Waals surface area contributed by atoms with Gasteiger partial charge in [0.15, 0.2) is 0 Å². The highest BCUT2D eigenvalue weighted by atomic mass is 32.1. The van der Waals surface area contributed by atoms with Gasteiger partial charge in [-0.15, -0.1) is 22.7 Å². The Bertz CT molecular complexity index is 627. The van der Waals surface area contributed by atoms with Gasteiger partial charge in [0.2, 0.25) is 0 Å². The van der Waals surface area contributed by atoms with E-state index in [2.05, 4.69) is 27.5 Å². The Morgan fingerprint density at radius 1 is 1.11 bits per heavy atom. The summed E-state index contributed by atoms with van der Waals surface area (Å²) in [5.74, 6) is 0. The van der Waals surface area contributed by atoms with Crippen LogP contribution in [0.4, 0.5) is 0 Å². The van der Waals surface area contributed by atoms with Gasteiger partial charge in [0, 0.05) is 23.7 Å². The second kappa shape index (κ2) is 4.97. The summed E-state index contributed by atoms with van der Waals surface area (Å²) in [6, 6.07) is 8.21. The monoisotopic (exact) mass is 273 g/mol. The van der Waals surface area contributed by atoms with Crippen LogP contribution in [0, 0.1) is 0 Å². The molecule has 2 heterocycles. The van der Waals surface area contributed by atoms with Gasteiger partial charge in [-0.25, -0.2) is 4.98 Å². The molecule has 18 heavy (non-hydrogen) atoms. The fraction of sp³-hybridized carbons (Fsp3) is 0.0769. The SMILES string of the molecule is NCc1ccc(-c2csc(-c3cncs3)n2)cc1. The number of hydrogen-bond acceptors (Lipinski definition) is 5. The maximum absolute atomic E-state index is 5.59. The topological polar surface area (TPSA) is 51.8 Å². The fourth-order valence-corrected chi connectivity index (χ4v) is 3.18. The molecule has 0 aliphatic rings. The van der Waals surface area contributed by atoms with Crippen molar-refractivity contribution in [1.82, 2.24) is 9.97 Å². The highest BCUT2D eigenvalue weighted by molar-refractivity contribution is 7.20. The molecule has 3 rings (SSSR count). The van der Waals surface area contributed by atoms with Crippen LogP contribution in [-0.4, -0.2) is 9.97 Å². The minimum atomic E-state index is 0.573. The van der Waals surface area contributed by atoms with Gasteiger partial charge >= 0.3 is 0 Å². The Hall–Kier alpha value is -1.56. The van der Waals surface area contributed by atoms with Crippen molar-refractivity contribution in [3.05, 3.63) is 46.9 Å². The first-order valence-electron chi connectivity index (χ1n) is 5.50. The van der Waals surface area contributed by atoms with Crippen LogP contribution in [0.25, 0.3) is 21.1 Å². The minimum absolute atomic E-state index is 0.573. The van der Waals surface area contributed by atoms with Crippen LogP contribution in [-0.2, 0) is 6.54 Å². The molecule has 2 N–H and O–H groups in total. The second-order valence-corrected chi connectivity index (χ2v) is 5.55. The molecule has 3 aromatic rings. The minimum Gasteiger partial charge on any atom is -0.326 e. The van der Waals surface area contributed by atoms with E-state index in [9.17, 15) is 0 Å².